The van der Waals surface area contributed by atoms with Crippen LogP contribution in [0.1, 0.15) is 33.5 Å². The van der Waals surface area contributed by atoms with Crippen LogP contribution in [0.15, 0.2) is 42.5 Å². The fraction of sp³-hybridized carbons (Fsp3) is 0.375. The number of likely N-dealkylation sites (tertiary alicyclic amines) is 1. The van der Waals surface area contributed by atoms with E-state index in [-0.39, 0.29) is 41.8 Å². The number of phenols is 1. The molecule has 2 aromatic rings. The first kappa shape index (κ1) is 27.3. The molecule has 1 fully saturated rings. The second kappa shape index (κ2) is 10.8. The molecular formula is C24H24ClF3N2O6. The largest absolute Gasteiger partial charge is 0.508 e. The number of carbonyl (C=O) groups excluding carboxylic acids is 2. The van der Waals surface area contributed by atoms with Crippen molar-refractivity contribution >= 4 is 29.4 Å². The van der Waals surface area contributed by atoms with Gasteiger partial charge in [-0.05, 0) is 49.6 Å². The first-order valence-electron chi connectivity index (χ1n) is 10.9. The van der Waals surface area contributed by atoms with Gasteiger partial charge in [-0.15, -0.1) is 11.6 Å². The lowest BCUT2D eigenvalue weighted by molar-refractivity contribution is -0.152. The Morgan fingerprint density at radius 3 is 2.39 bits per heavy atom. The molecule has 36 heavy (non-hydrogen) atoms. The second-order valence-corrected chi connectivity index (χ2v) is 9.17. The number of rotatable bonds is 7. The van der Waals surface area contributed by atoms with E-state index in [0.717, 1.165) is 29.2 Å². The third-order valence-corrected chi connectivity index (χ3v) is 6.37. The fourth-order valence-corrected chi connectivity index (χ4v) is 4.36. The van der Waals surface area contributed by atoms with Crippen molar-refractivity contribution in [2.75, 3.05) is 6.54 Å². The van der Waals surface area contributed by atoms with Crippen molar-refractivity contribution < 1.29 is 42.9 Å². The molecule has 0 spiro atoms. The van der Waals surface area contributed by atoms with Crippen LogP contribution in [0, 0.1) is 6.92 Å². The van der Waals surface area contributed by atoms with Crippen molar-refractivity contribution in [2.24, 2.45) is 0 Å². The molecule has 0 aliphatic carbocycles. The summed E-state index contributed by atoms with van der Waals surface area (Å²) in [6.45, 7) is 1.35. The summed E-state index contributed by atoms with van der Waals surface area (Å²) >= 11 is 6.03. The number of benzene rings is 2. The zero-order valence-electron chi connectivity index (χ0n) is 19.0. The van der Waals surface area contributed by atoms with Gasteiger partial charge in [0.05, 0.1) is 17.0 Å². The van der Waals surface area contributed by atoms with Gasteiger partial charge in [-0.3, -0.25) is 9.59 Å². The summed E-state index contributed by atoms with van der Waals surface area (Å²) in [6, 6.07) is 5.57. The molecule has 2 amide bonds. The number of carbonyl (C=O) groups is 3. The predicted octanol–water partition coefficient (Wildman–Crippen LogP) is 2.71. The molecule has 0 saturated carbocycles. The van der Waals surface area contributed by atoms with E-state index in [2.05, 4.69) is 5.32 Å². The highest BCUT2D eigenvalue weighted by Gasteiger charge is 2.43. The smallest absolute Gasteiger partial charge is 0.416 e. The Hall–Kier alpha value is -3.31. The molecule has 0 aromatic heterocycles. The summed E-state index contributed by atoms with van der Waals surface area (Å²) in [4.78, 5) is 38.5. The minimum Gasteiger partial charge on any atom is -0.508 e. The number of aliphatic hydroxyl groups excluding tert-OH is 1. The monoisotopic (exact) mass is 528 g/mol. The van der Waals surface area contributed by atoms with E-state index in [4.69, 9.17) is 11.6 Å². The Morgan fingerprint density at radius 2 is 1.81 bits per heavy atom. The van der Waals surface area contributed by atoms with E-state index in [1.54, 1.807) is 0 Å². The highest BCUT2D eigenvalue weighted by Crippen LogP contribution is 2.30. The van der Waals surface area contributed by atoms with Gasteiger partial charge >= 0.3 is 12.1 Å². The van der Waals surface area contributed by atoms with Gasteiger partial charge in [0.1, 0.15) is 11.8 Å². The molecule has 0 bridgehead atoms. The molecule has 12 heteroatoms. The average Bonchev–Trinajstić information content (AvgIpc) is 3.21. The van der Waals surface area contributed by atoms with E-state index in [9.17, 15) is 42.9 Å². The van der Waals surface area contributed by atoms with Crippen LogP contribution in [0.25, 0.3) is 0 Å². The SMILES string of the molecule is Cc1c(O)cccc1C(=O)N[C@@H](Cc1ccc(C(F)(F)F)cc1)[C@H](O)C(=O)N1C[C@@H](Cl)C[C@H]1C(=O)O. The standard InChI is InChI=1S/C24H24ClF3N2O6/c1-12-16(3-2-4-19(12)31)21(33)29-17(9-13-5-7-14(8-6-13)24(26,27)28)20(32)22(34)30-11-15(25)10-18(30)23(35)36/h2-8,15,17-18,20,31-32H,9-11H2,1H3,(H,29,33)(H,35,36)/t15-,17-,18-,20-/m0/s1. The first-order chi connectivity index (χ1) is 16.8. The van der Waals surface area contributed by atoms with Crippen molar-refractivity contribution in [3.63, 3.8) is 0 Å². The lowest BCUT2D eigenvalue weighted by Crippen LogP contribution is -2.54. The third-order valence-electron chi connectivity index (χ3n) is 6.06. The second-order valence-electron chi connectivity index (χ2n) is 8.55. The number of carboxylic acids is 1. The predicted molar refractivity (Wildman–Crippen MR) is 123 cm³/mol. The normalized spacial score (nSPS) is 19.6. The number of nitrogens with zero attached hydrogens (tertiary/aromatic N) is 1. The molecule has 1 aliphatic rings. The van der Waals surface area contributed by atoms with E-state index in [1.807, 2.05) is 0 Å². The molecule has 1 aliphatic heterocycles. The number of phenolic OH excluding ortho intramolecular Hbond substituents is 1. The fourth-order valence-electron chi connectivity index (χ4n) is 4.05. The number of alkyl halides is 4. The molecule has 0 radical (unpaired) electrons. The van der Waals surface area contributed by atoms with Gasteiger partial charge in [0.2, 0.25) is 0 Å². The number of halogens is 4. The molecule has 8 nitrogen and oxygen atoms in total. The van der Waals surface area contributed by atoms with Crippen molar-refractivity contribution in [1.29, 1.82) is 0 Å². The molecule has 1 saturated heterocycles. The maximum absolute atomic E-state index is 13.1. The summed E-state index contributed by atoms with van der Waals surface area (Å²) < 4.78 is 38.8. The Kier molecular flexibility index (Phi) is 8.15. The average molecular weight is 529 g/mol. The van der Waals surface area contributed by atoms with Crippen molar-refractivity contribution in [3.05, 3.63) is 64.7 Å². The number of carboxylic acid groups (broad SMARTS) is 1. The van der Waals surface area contributed by atoms with Crippen LogP contribution in [0.2, 0.25) is 0 Å². The quantitative estimate of drug-likeness (QED) is 0.409. The number of hydrogen-bond donors (Lipinski definition) is 4. The summed E-state index contributed by atoms with van der Waals surface area (Å²) in [5.41, 5.74) is -0.329. The number of aliphatic carboxylic acids is 1. The lowest BCUT2D eigenvalue weighted by Gasteiger charge is -2.29. The van der Waals surface area contributed by atoms with Crippen LogP contribution in [0.5, 0.6) is 5.75 Å². The van der Waals surface area contributed by atoms with Crippen LogP contribution >= 0.6 is 11.6 Å². The maximum Gasteiger partial charge on any atom is 0.416 e. The van der Waals surface area contributed by atoms with E-state index in [0.29, 0.717) is 0 Å². The van der Waals surface area contributed by atoms with Gasteiger partial charge in [-0.2, -0.15) is 13.2 Å². The molecular weight excluding hydrogens is 505 g/mol. The summed E-state index contributed by atoms with van der Waals surface area (Å²) in [5, 5.41) is 32.1. The molecule has 2 aromatic carbocycles. The summed E-state index contributed by atoms with van der Waals surface area (Å²) in [7, 11) is 0. The first-order valence-corrected chi connectivity index (χ1v) is 11.3. The zero-order chi connectivity index (χ0) is 26.8. The van der Waals surface area contributed by atoms with Crippen LogP contribution in [-0.4, -0.2) is 68.1 Å². The number of hydrogen-bond acceptors (Lipinski definition) is 5. The van der Waals surface area contributed by atoms with Gasteiger partial charge in [0.25, 0.3) is 11.8 Å². The third kappa shape index (κ3) is 6.08. The van der Waals surface area contributed by atoms with Gasteiger partial charge in [-0.1, -0.05) is 18.2 Å². The highest BCUT2D eigenvalue weighted by atomic mass is 35.5. The van der Waals surface area contributed by atoms with Crippen LogP contribution in [0.3, 0.4) is 0 Å². The molecule has 1 heterocycles. The van der Waals surface area contributed by atoms with Crippen molar-refractivity contribution in [3.8, 4) is 5.75 Å². The Bertz CT molecular complexity index is 1140. The Balaban J connectivity index is 1.90. The summed E-state index contributed by atoms with van der Waals surface area (Å²) in [6.07, 6.45) is -6.77. The maximum atomic E-state index is 13.1. The van der Waals surface area contributed by atoms with Crippen molar-refractivity contribution in [1.82, 2.24) is 10.2 Å². The molecule has 4 atom stereocenters. The molecule has 194 valence electrons. The number of amides is 2. The van der Waals surface area contributed by atoms with Gasteiger partial charge in [0, 0.05) is 17.7 Å². The highest BCUT2D eigenvalue weighted by molar-refractivity contribution is 6.21. The number of nitrogens with one attached hydrogen (secondary N) is 1. The van der Waals surface area contributed by atoms with E-state index < -0.39 is 53.1 Å². The Morgan fingerprint density at radius 1 is 1.17 bits per heavy atom. The van der Waals surface area contributed by atoms with Gasteiger partial charge < -0.3 is 25.5 Å². The lowest BCUT2D eigenvalue weighted by atomic mass is 9.98. The number of aliphatic hydroxyl groups is 1. The minimum atomic E-state index is -4.56. The van der Waals surface area contributed by atoms with Gasteiger partial charge in [-0.25, -0.2) is 4.79 Å². The van der Waals surface area contributed by atoms with Crippen LogP contribution < -0.4 is 5.32 Å². The van der Waals surface area contributed by atoms with E-state index in [1.165, 1.54) is 25.1 Å². The Labute approximate surface area is 209 Å². The molecule has 3 rings (SSSR count). The van der Waals surface area contributed by atoms with Crippen LogP contribution in [-0.2, 0) is 22.2 Å². The van der Waals surface area contributed by atoms with E-state index >= 15 is 0 Å². The van der Waals surface area contributed by atoms with Crippen LogP contribution in [0.4, 0.5) is 13.2 Å². The molecule has 0 unspecified atom stereocenters. The zero-order valence-corrected chi connectivity index (χ0v) is 19.8. The molecule has 4 N–H and O–H groups in total. The topological polar surface area (TPSA) is 127 Å². The van der Waals surface area contributed by atoms with Crippen molar-refractivity contribution in [2.45, 2.75) is 49.5 Å². The summed E-state index contributed by atoms with van der Waals surface area (Å²) in [5.74, 6) is -3.21. The number of aromatic hydroxyl groups is 1. The van der Waals surface area contributed by atoms with Gasteiger partial charge in [0.15, 0.2) is 6.10 Å². The minimum absolute atomic E-state index is 0.0340.